The second kappa shape index (κ2) is 7.51. The molecule has 1 aromatic carbocycles. The molecule has 0 aliphatic heterocycles. The maximum Gasteiger partial charge on any atom is 0.261 e. The molecule has 25 heavy (non-hydrogen) atoms. The van der Waals surface area contributed by atoms with Gasteiger partial charge >= 0.3 is 0 Å². The molecular weight excluding hydrogens is 374 g/mol. The second-order valence-corrected chi connectivity index (χ2v) is 9.61. The standard InChI is InChI=1S/C18H17NO3S3/c1-13-6-8-14(9-7-13)25(21,22)17(15-4-2-10-23-15)12-19-18(20)16-5-3-11-24-16/h2-11,17H,12H2,1H3,(H,19,20)/t17-/m1/s1. The van der Waals surface area contributed by atoms with Gasteiger partial charge in [0.25, 0.3) is 5.91 Å². The number of carbonyl (C=O) groups excluding carboxylic acids is 1. The highest BCUT2D eigenvalue weighted by Crippen LogP contribution is 2.31. The first-order chi connectivity index (χ1) is 12.0. The monoisotopic (exact) mass is 391 g/mol. The Hall–Kier alpha value is -1.96. The van der Waals surface area contributed by atoms with Crippen LogP contribution in [0.25, 0.3) is 0 Å². The number of rotatable bonds is 6. The molecule has 0 unspecified atom stereocenters. The predicted octanol–water partition coefficient (Wildman–Crippen LogP) is 4.06. The summed E-state index contributed by atoms with van der Waals surface area (Å²) < 4.78 is 26.2. The molecule has 0 saturated carbocycles. The molecular formula is C18H17NO3S3. The van der Waals surface area contributed by atoms with E-state index in [1.54, 1.807) is 42.5 Å². The van der Waals surface area contributed by atoms with Crippen LogP contribution in [0.4, 0.5) is 0 Å². The van der Waals surface area contributed by atoms with Crippen molar-refractivity contribution in [1.82, 2.24) is 5.32 Å². The summed E-state index contributed by atoms with van der Waals surface area (Å²) in [5.74, 6) is -0.254. The maximum absolute atomic E-state index is 13.1. The minimum absolute atomic E-state index is 0.0352. The van der Waals surface area contributed by atoms with Gasteiger partial charge in [0.2, 0.25) is 0 Å². The average Bonchev–Trinajstić information content (AvgIpc) is 3.29. The third kappa shape index (κ3) is 4.00. The van der Waals surface area contributed by atoms with Crippen LogP contribution in [0, 0.1) is 6.92 Å². The van der Waals surface area contributed by atoms with E-state index in [-0.39, 0.29) is 17.3 Å². The fourth-order valence-electron chi connectivity index (χ4n) is 2.41. The Bertz CT molecular complexity index is 928. The van der Waals surface area contributed by atoms with Crippen LogP contribution in [-0.4, -0.2) is 20.9 Å². The second-order valence-electron chi connectivity index (χ2n) is 5.55. The molecule has 3 aromatic rings. The van der Waals surface area contributed by atoms with Gasteiger partial charge in [0, 0.05) is 11.4 Å². The van der Waals surface area contributed by atoms with E-state index in [0.717, 1.165) is 5.56 Å². The van der Waals surface area contributed by atoms with E-state index < -0.39 is 15.1 Å². The first-order valence-electron chi connectivity index (χ1n) is 7.64. The third-order valence-electron chi connectivity index (χ3n) is 3.78. The van der Waals surface area contributed by atoms with Gasteiger partial charge in [-0.25, -0.2) is 8.42 Å². The highest BCUT2D eigenvalue weighted by molar-refractivity contribution is 7.91. The Kier molecular flexibility index (Phi) is 5.36. The van der Waals surface area contributed by atoms with Gasteiger partial charge < -0.3 is 5.32 Å². The summed E-state index contributed by atoms with van der Waals surface area (Å²) in [4.78, 5) is 13.7. The minimum Gasteiger partial charge on any atom is -0.350 e. The number of aryl methyl sites for hydroxylation is 1. The lowest BCUT2D eigenvalue weighted by Crippen LogP contribution is -2.31. The highest BCUT2D eigenvalue weighted by Gasteiger charge is 2.30. The summed E-state index contributed by atoms with van der Waals surface area (Å²) in [7, 11) is -3.61. The summed E-state index contributed by atoms with van der Waals surface area (Å²) in [5.41, 5.74) is 0.998. The van der Waals surface area contributed by atoms with E-state index in [4.69, 9.17) is 0 Å². The van der Waals surface area contributed by atoms with Crippen molar-refractivity contribution in [2.75, 3.05) is 6.54 Å². The molecule has 1 N–H and O–H groups in total. The Balaban J connectivity index is 1.87. The van der Waals surface area contributed by atoms with Gasteiger partial charge in [0.1, 0.15) is 5.25 Å². The van der Waals surface area contributed by atoms with E-state index in [2.05, 4.69) is 5.32 Å². The van der Waals surface area contributed by atoms with E-state index in [0.29, 0.717) is 9.75 Å². The van der Waals surface area contributed by atoms with Crippen LogP contribution in [0.1, 0.15) is 25.4 Å². The van der Waals surface area contributed by atoms with Gasteiger partial charge in [-0.15, -0.1) is 22.7 Å². The summed E-state index contributed by atoms with van der Waals surface area (Å²) in [6.07, 6.45) is 0. The van der Waals surface area contributed by atoms with Crippen LogP contribution in [0.2, 0.25) is 0 Å². The van der Waals surface area contributed by atoms with Gasteiger partial charge in [-0.2, -0.15) is 0 Å². The van der Waals surface area contributed by atoms with Crippen molar-refractivity contribution in [3.63, 3.8) is 0 Å². The number of nitrogens with one attached hydrogen (secondary N) is 1. The molecule has 2 heterocycles. The van der Waals surface area contributed by atoms with Crippen molar-refractivity contribution in [1.29, 1.82) is 0 Å². The molecule has 0 aliphatic carbocycles. The molecule has 7 heteroatoms. The number of benzene rings is 1. The first kappa shape index (κ1) is 17.8. The van der Waals surface area contributed by atoms with E-state index in [1.807, 2.05) is 23.8 Å². The first-order valence-corrected chi connectivity index (χ1v) is 10.9. The summed E-state index contributed by atoms with van der Waals surface area (Å²) >= 11 is 2.70. The van der Waals surface area contributed by atoms with Crippen LogP contribution in [-0.2, 0) is 9.84 Å². The summed E-state index contributed by atoms with van der Waals surface area (Å²) in [6, 6.07) is 13.9. The Morgan fingerprint density at radius 1 is 1.04 bits per heavy atom. The molecule has 0 fully saturated rings. The van der Waals surface area contributed by atoms with Gasteiger partial charge in [-0.1, -0.05) is 29.8 Å². The molecule has 0 saturated heterocycles. The fraction of sp³-hybridized carbons (Fsp3) is 0.167. The number of sulfone groups is 1. The minimum atomic E-state index is -3.61. The van der Waals surface area contributed by atoms with Crippen molar-refractivity contribution in [3.05, 3.63) is 74.6 Å². The summed E-state index contributed by atoms with van der Waals surface area (Å²) in [6.45, 7) is 1.95. The molecule has 0 aliphatic rings. The molecule has 0 bridgehead atoms. The van der Waals surface area contributed by atoms with Crippen molar-refractivity contribution < 1.29 is 13.2 Å². The normalized spacial score (nSPS) is 12.7. The topological polar surface area (TPSA) is 63.2 Å². The largest absolute Gasteiger partial charge is 0.350 e. The van der Waals surface area contributed by atoms with Crippen LogP contribution >= 0.6 is 22.7 Å². The number of amides is 1. The zero-order valence-corrected chi connectivity index (χ0v) is 16.0. The van der Waals surface area contributed by atoms with E-state index in [9.17, 15) is 13.2 Å². The van der Waals surface area contributed by atoms with Crippen LogP contribution in [0.3, 0.4) is 0 Å². The molecule has 0 spiro atoms. The van der Waals surface area contributed by atoms with Gasteiger partial charge in [0.05, 0.1) is 9.77 Å². The Morgan fingerprint density at radius 2 is 1.72 bits per heavy atom. The van der Waals surface area contributed by atoms with Gasteiger partial charge in [-0.3, -0.25) is 4.79 Å². The summed E-state index contributed by atoms with van der Waals surface area (Å²) in [5, 5.41) is 5.61. The Morgan fingerprint density at radius 3 is 2.32 bits per heavy atom. The molecule has 130 valence electrons. The SMILES string of the molecule is Cc1ccc(S(=O)(=O)[C@H](CNC(=O)c2cccs2)c2cccs2)cc1. The average molecular weight is 392 g/mol. The number of hydrogen-bond donors (Lipinski definition) is 1. The number of carbonyl (C=O) groups is 1. The molecule has 3 rings (SSSR count). The number of thiophene rings is 2. The molecule has 2 aromatic heterocycles. The lowest BCUT2D eigenvalue weighted by atomic mass is 10.2. The molecule has 4 nitrogen and oxygen atoms in total. The quantitative estimate of drug-likeness (QED) is 0.689. The zero-order valence-electron chi connectivity index (χ0n) is 13.5. The fourth-order valence-corrected chi connectivity index (χ4v) is 5.83. The maximum atomic E-state index is 13.1. The smallest absolute Gasteiger partial charge is 0.261 e. The number of hydrogen-bond acceptors (Lipinski definition) is 5. The van der Waals surface area contributed by atoms with E-state index in [1.165, 1.54) is 22.7 Å². The van der Waals surface area contributed by atoms with Crippen molar-refractivity contribution in [2.45, 2.75) is 17.1 Å². The van der Waals surface area contributed by atoms with Crippen LogP contribution in [0.5, 0.6) is 0 Å². The van der Waals surface area contributed by atoms with Gasteiger partial charge in [-0.05, 0) is 41.9 Å². The third-order valence-corrected chi connectivity index (χ3v) is 7.88. The lowest BCUT2D eigenvalue weighted by Gasteiger charge is -2.17. The highest BCUT2D eigenvalue weighted by atomic mass is 32.2. The predicted molar refractivity (Wildman–Crippen MR) is 102 cm³/mol. The van der Waals surface area contributed by atoms with Crippen molar-refractivity contribution in [3.8, 4) is 0 Å². The van der Waals surface area contributed by atoms with Crippen LogP contribution < -0.4 is 5.32 Å². The van der Waals surface area contributed by atoms with Gasteiger partial charge in [0.15, 0.2) is 9.84 Å². The van der Waals surface area contributed by atoms with Crippen molar-refractivity contribution >= 4 is 38.4 Å². The molecule has 0 radical (unpaired) electrons. The lowest BCUT2D eigenvalue weighted by molar-refractivity contribution is 0.0958. The Labute approximate surface area is 155 Å². The van der Waals surface area contributed by atoms with E-state index >= 15 is 0 Å². The van der Waals surface area contributed by atoms with Crippen LogP contribution in [0.15, 0.2) is 64.2 Å². The zero-order chi connectivity index (χ0) is 17.9. The van der Waals surface area contributed by atoms with Crippen molar-refractivity contribution in [2.24, 2.45) is 0 Å². The molecule has 1 amide bonds. The molecule has 1 atom stereocenters.